The number of hydrogen-bond acceptors (Lipinski definition) is 6. The molecule has 0 spiro atoms. The molecule has 30 heavy (non-hydrogen) atoms. The molecule has 1 aromatic carbocycles. The number of nitrogens with one attached hydrogen (secondary N) is 2. The van der Waals surface area contributed by atoms with Gasteiger partial charge in [0.05, 0.1) is 6.54 Å². The highest BCUT2D eigenvalue weighted by atomic mass is 16.5. The number of benzene rings is 1. The smallest absolute Gasteiger partial charge is 0.268 e. The third-order valence-corrected chi connectivity index (χ3v) is 4.85. The standard InChI is InChI=1S/C21H19N7O2/c1-2-5-17-24-21(30-27-17)14-8-9-28-18(11-14)25-26-19(28)12-22-20(29)16-10-13-6-3-4-7-15(13)23-16/h3-4,6-11,23H,2,5,12H2,1H3,(H,22,29). The van der Waals surface area contributed by atoms with Crippen molar-refractivity contribution in [1.29, 1.82) is 0 Å². The summed E-state index contributed by atoms with van der Waals surface area (Å²) in [6, 6.07) is 13.3. The summed E-state index contributed by atoms with van der Waals surface area (Å²) in [5.74, 6) is 1.57. The van der Waals surface area contributed by atoms with Crippen molar-refractivity contribution in [2.24, 2.45) is 0 Å². The number of fused-ring (bicyclic) bond motifs is 2. The fraction of sp³-hybridized carbons (Fsp3) is 0.190. The van der Waals surface area contributed by atoms with Crippen LogP contribution in [0.3, 0.4) is 0 Å². The Morgan fingerprint density at radius 2 is 2.10 bits per heavy atom. The molecule has 5 rings (SSSR count). The van der Waals surface area contributed by atoms with Gasteiger partial charge in [0, 0.05) is 29.1 Å². The summed E-state index contributed by atoms with van der Waals surface area (Å²) >= 11 is 0. The number of amides is 1. The zero-order chi connectivity index (χ0) is 20.5. The van der Waals surface area contributed by atoms with Crippen molar-refractivity contribution in [2.75, 3.05) is 0 Å². The minimum Gasteiger partial charge on any atom is -0.351 e. The van der Waals surface area contributed by atoms with Gasteiger partial charge in [0.15, 0.2) is 17.3 Å². The summed E-state index contributed by atoms with van der Waals surface area (Å²) in [6.45, 7) is 2.31. The summed E-state index contributed by atoms with van der Waals surface area (Å²) in [4.78, 5) is 20.0. The molecule has 0 atom stereocenters. The quantitative estimate of drug-likeness (QED) is 0.452. The van der Waals surface area contributed by atoms with Crippen LogP contribution < -0.4 is 5.32 Å². The molecule has 0 radical (unpaired) electrons. The SMILES string of the molecule is CCCc1noc(-c2ccn3c(CNC(=O)c4cc5ccccc5[nH]4)nnc3c2)n1. The third-order valence-electron chi connectivity index (χ3n) is 4.85. The lowest BCUT2D eigenvalue weighted by molar-refractivity contribution is 0.0945. The summed E-state index contributed by atoms with van der Waals surface area (Å²) < 4.78 is 7.15. The second-order valence-electron chi connectivity index (χ2n) is 6.98. The van der Waals surface area contributed by atoms with Gasteiger partial charge in [-0.1, -0.05) is 30.3 Å². The van der Waals surface area contributed by atoms with Gasteiger partial charge in [0.25, 0.3) is 11.8 Å². The second-order valence-corrected chi connectivity index (χ2v) is 6.98. The van der Waals surface area contributed by atoms with E-state index in [1.165, 1.54) is 0 Å². The van der Waals surface area contributed by atoms with Crippen LogP contribution in [0, 0.1) is 0 Å². The Balaban J connectivity index is 1.32. The molecule has 0 unspecified atom stereocenters. The molecule has 0 fully saturated rings. The van der Waals surface area contributed by atoms with Gasteiger partial charge in [-0.05, 0) is 30.7 Å². The van der Waals surface area contributed by atoms with Crippen molar-refractivity contribution < 1.29 is 9.32 Å². The van der Waals surface area contributed by atoms with Crippen molar-refractivity contribution >= 4 is 22.5 Å². The second kappa shape index (κ2) is 7.43. The number of nitrogens with zero attached hydrogens (tertiary/aromatic N) is 5. The largest absolute Gasteiger partial charge is 0.351 e. The van der Waals surface area contributed by atoms with Gasteiger partial charge in [0.1, 0.15) is 5.69 Å². The van der Waals surface area contributed by atoms with Crippen LogP contribution in [-0.4, -0.2) is 35.6 Å². The molecule has 0 aliphatic rings. The van der Waals surface area contributed by atoms with Gasteiger partial charge in [-0.15, -0.1) is 10.2 Å². The molecule has 5 aromatic rings. The average molecular weight is 401 g/mol. The molecule has 1 amide bonds. The van der Waals surface area contributed by atoms with E-state index in [4.69, 9.17) is 4.52 Å². The number of aryl methyl sites for hydroxylation is 1. The van der Waals surface area contributed by atoms with Crippen molar-refractivity contribution in [1.82, 2.24) is 35.0 Å². The lowest BCUT2D eigenvalue weighted by Crippen LogP contribution is -2.24. The first-order valence-corrected chi connectivity index (χ1v) is 9.74. The highest BCUT2D eigenvalue weighted by Crippen LogP contribution is 2.19. The predicted octanol–water partition coefficient (Wildman–Crippen LogP) is 3.14. The maximum atomic E-state index is 12.5. The van der Waals surface area contributed by atoms with E-state index in [-0.39, 0.29) is 12.5 Å². The highest BCUT2D eigenvalue weighted by molar-refractivity contribution is 5.97. The maximum absolute atomic E-state index is 12.5. The first-order valence-electron chi connectivity index (χ1n) is 9.74. The first kappa shape index (κ1) is 18.0. The van der Waals surface area contributed by atoms with Crippen LogP contribution in [0.1, 0.15) is 35.5 Å². The summed E-state index contributed by atoms with van der Waals surface area (Å²) in [7, 11) is 0. The zero-order valence-corrected chi connectivity index (χ0v) is 16.3. The van der Waals surface area contributed by atoms with Crippen LogP contribution in [0.15, 0.2) is 53.2 Å². The number of carbonyl (C=O) groups is 1. The molecule has 0 aliphatic carbocycles. The average Bonchev–Trinajstić information content (AvgIpc) is 3.49. The minimum absolute atomic E-state index is 0.200. The summed E-state index contributed by atoms with van der Waals surface area (Å²) in [5.41, 5.74) is 2.84. The fourth-order valence-corrected chi connectivity index (χ4v) is 3.34. The molecular formula is C21H19N7O2. The monoisotopic (exact) mass is 401 g/mol. The Labute approximate surface area is 171 Å². The Morgan fingerprint density at radius 1 is 1.20 bits per heavy atom. The predicted molar refractivity (Wildman–Crippen MR) is 110 cm³/mol. The minimum atomic E-state index is -0.200. The van der Waals surface area contributed by atoms with Crippen molar-refractivity contribution in [3.63, 3.8) is 0 Å². The molecule has 0 bridgehead atoms. The van der Waals surface area contributed by atoms with E-state index in [9.17, 15) is 4.79 Å². The molecular weight excluding hydrogens is 382 g/mol. The molecule has 9 nitrogen and oxygen atoms in total. The Kier molecular flexibility index (Phi) is 4.47. The maximum Gasteiger partial charge on any atom is 0.268 e. The molecule has 9 heteroatoms. The zero-order valence-electron chi connectivity index (χ0n) is 16.3. The number of rotatable bonds is 6. The van der Waals surface area contributed by atoms with Gasteiger partial charge < -0.3 is 14.8 Å². The third kappa shape index (κ3) is 3.30. The molecule has 0 saturated heterocycles. The van der Waals surface area contributed by atoms with Gasteiger partial charge in [0.2, 0.25) is 0 Å². The highest BCUT2D eigenvalue weighted by Gasteiger charge is 2.14. The van der Waals surface area contributed by atoms with Crippen LogP contribution in [-0.2, 0) is 13.0 Å². The first-order chi connectivity index (χ1) is 14.7. The molecule has 4 aromatic heterocycles. The van der Waals surface area contributed by atoms with Crippen LogP contribution in [0.5, 0.6) is 0 Å². The van der Waals surface area contributed by atoms with Crippen LogP contribution >= 0.6 is 0 Å². The van der Waals surface area contributed by atoms with Crippen LogP contribution in [0.2, 0.25) is 0 Å². The molecule has 4 heterocycles. The van der Waals surface area contributed by atoms with Crippen molar-refractivity contribution in [2.45, 2.75) is 26.3 Å². The summed E-state index contributed by atoms with van der Waals surface area (Å²) in [6.07, 6.45) is 3.56. The Morgan fingerprint density at radius 3 is 2.97 bits per heavy atom. The lowest BCUT2D eigenvalue weighted by Gasteiger charge is -2.03. The number of hydrogen-bond donors (Lipinski definition) is 2. The number of aromatic nitrogens is 6. The number of carbonyl (C=O) groups excluding carboxylic acids is 1. The number of H-pyrrole nitrogens is 1. The Hall–Kier alpha value is -4.01. The molecule has 0 saturated carbocycles. The van der Waals surface area contributed by atoms with E-state index in [0.717, 1.165) is 29.3 Å². The lowest BCUT2D eigenvalue weighted by atomic mass is 10.2. The van der Waals surface area contributed by atoms with E-state index in [1.54, 1.807) is 0 Å². The van der Waals surface area contributed by atoms with E-state index in [0.29, 0.717) is 28.9 Å². The van der Waals surface area contributed by atoms with Gasteiger partial charge in [-0.25, -0.2) is 0 Å². The fourth-order valence-electron chi connectivity index (χ4n) is 3.34. The number of para-hydroxylation sites is 1. The topological polar surface area (TPSA) is 114 Å². The molecule has 2 N–H and O–H groups in total. The van der Waals surface area contributed by atoms with Crippen molar-refractivity contribution in [3.05, 3.63) is 66.0 Å². The van der Waals surface area contributed by atoms with E-state index in [2.05, 4.69) is 37.6 Å². The van der Waals surface area contributed by atoms with Crippen LogP contribution in [0.25, 0.3) is 28.0 Å². The van der Waals surface area contributed by atoms with E-state index in [1.807, 2.05) is 53.1 Å². The summed E-state index contributed by atoms with van der Waals surface area (Å²) in [5, 5.41) is 16.2. The molecule has 150 valence electrons. The van der Waals surface area contributed by atoms with Gasteiger partial charge >= 0.3 is 0 Å². The Bertz CT molecular complexity index is 1310. The van der Waals surface area contributed by atoms with Crippen LogP contribution in [0.4, 0.5) is 0 Å². The van der Waals surface area contributed by atoms with E-state index >= 15 is 0 Å². The normalized spacial score (nSPS) is 11.4. The number of aromatic amines is 1. The number of pyridine rings is 1. The van der Waals surface area contributed by atoms with E-state index < -0.39 is 0 Å². The van der Waals surface area contributed by atoms with Gasteiger partial charge in [-0.2, -0.15) is 4.98 Å². The van der Waals surface area contributed by atoms with Gasteiger partial charge in [-0.3, -0.25) is 9.20 Å². The van der Waals surface area contributed by atoms with Crippen molar-refractivity contribution in [3.8, 4) is 11.5 Å². The molecule has 0 aliphatic heterocycles.